The first-order valence-electron chi connectivity index (χ1n) is 9.69. The van der Waals surface area contributed by atoms with Crippen molar-refractivity contribution in [3.63, 3.8) is 0 Å². The summed E-state index contributed by atoms with van der Waals surface area (Å²) < 4.78 is 15.4. The minimum atomic E-state index is 0.0626. The molecule has 0 aromatic carbocycles. The number of carbonyl (C=O) groups excluding carboxylic acids is 1. The summed E-state index contributed by atoms with van der Waals surface area (Å²) in [6.45, 7) is 16.3. The Hall–Kier alpha value is -0.970. The first-order valence-corrected chi connectivity index (χ1v) is 9.69. The second kappa shape index (κ2) is 56.4. The van der Waals surface area contributed by atoms with Crippen molar-refractivity contribution >= 4 is 6.29 Å². The molecule has 0 bridgehead atoms. The second-order valence-corrected chi connectivity index (χ2v) is 3.57. The van der Waals surface area contributed by atoms with E-state index in [0.29, 0.717) is 52.5 Å². The van der Waals surface area contributed by atoms with Crippen molar-refractivity contribution in [1.82, 2.24) is 5.32 Å². The van der Waals surface area contributed by atoms with Gasteiger partial charge in [0.1, 0.15) is 6.29 Å². The SMILES string of the molecule is C#CCCC=O.CC.CC.CC.CNCCOCCOCCOCCO. The summed E-state index contributed by atoms with van der Waals surface area (Å²) in [5.41, 5.74) is 0. The molecule has 6 nitrogen and oxygen atoms in total. The number of nitrogens with one attached hydrogen (secondary N) is 1. The molecule has 0 saturated heterocycles. The first kappa shape index (κ1) is 36.0. The Balaban J connectivity index is -0.000000102. The van der Waals surface area contributed by atoms with Gasteiger partial charge < -0.3 is 29.4 Å². The fourth-order valence-corrected chi connectivity index (χ4v) is 0.923. The zero-order chi connectivity index (χ0) is 21.3. The topological polar surface area (TPSA) is 77.0 Å². The molecule has 6 heteroatoms. The van der Waals surface area contributed by atoms with Crippen molar-refractivity contribution in [1.29, 1.82) is 0 Å². The van der Waals surface area contributed by atoms with E-state index >= 15 is 0 Å². The number of aliphatic hydroxyl groups is 1. The van der Waals surface area contributed by atoms with Crippen LogP contribution in [-0.2, 0) is 19.0 Å². The molecule has 0 aromatic heterocycles. The van der Waals surface area contributed by atoms with Gasteiger partial charge in [0.05, 0.1) is 46.2 Å². The highest BCUT2D eigenvalue weighted by atomic mass is 16.5. The van der Waals surface area contributed by atoms with E-state index in [9.17, 15) is 4.79 Å². The van der Waals surface area contributed by atoms with Gasteiger partial charge in [-0.1, -0.05) is 41.5 Å². The average molecular weight is 380 g/mol. The molecule has 0 rings (SSSR count). The van der Waals surface area contributed by atoms with E-state index in [1.165, 1.54) is 0 Å². The van der Waals surface area contributed by atoms with E-state index in [0.717, 1.165) is 12.8 Å². The van der Waals surface area contributed by atoms with Crippen molar-refractivity contribution in [2.24, 2.45) is 0 Å². The molecule has 2 N–H and O–H groups in total. The molecule has 0 atom stereocenters. The van der Waals surface area contributed by atoms with Gasteiger partial charge in [-0.15, -0.1) is 12.3 Å². The number of rotatable bonds is 13. The summed E-state index contributed by atoms with van der Waals surface area (Å²) in [5, 5.41) is 11.4. The van der Waals surface area contributed by atoms with Crippen LogP contribution in [0.25, 0.3) is 0 Å². The van der Waals surface area contributed by atoms with Crippen molar-refractivity contribution in [2.75, 3.05) is 59.8 Å². The highest BCUT2D eigenvalue weighted by Crippen LogP contribution is 1.80. The van der Waals surface area contributed by atoms with Crippen LogP contribution in [-0.4, -0.2) is 71.2 Å². The Labute approximate surface area is 163 Å². The maximum atomic E-state index is 9.47. The van der Waals surface area contributed by atoms with Crippen molar-refractivity contribution < 1.29 is 24.1 Å². The van der Waals surface area contributed by atoms with Crippen LogP contribution in [0.1, 0.15) is 54.4 Å². The van der Waals surface area contributed by atoms with E-state index in [1.807, 2.05) is 48.6 Å². The van der Waals surface area contributed by atoms with Crippen molar-refractivity contribution in [3.05, 3.63) is 0 Å². The van der Waals surface area contributed by atoms with Crippen LogP contribution in [0.15, 0.2) is 0 Å². The molecule has 0 fully saturated rings. The van der Waals surface area contributed by atoms with Gasteiger partial charge in [0.25, 0.3) is 0 Å². The normalized spacial score (nSPS) is 7.96. The number of hydrogen-bond acceptors (Lipinski definition) is 6. The minimum absolute atomic E-state index is 0.0626. The Bertz CT molecular complexity index is 209. The Kier molecular flexibility index (Phi) is 78.2. The van der Waals surface area contributed by atoms with E-state index in [1.54, 1.807) is 0 Å². The first-order chi connectivity index (χ1) is 12.8. The zero-order valence-corrected chi connectivity index (χ0v) is 18.3. The number of aliphatic hydroxyl groups excluding tert-OH is 1. The molecule has 160 valence electrons. The van der Waals surface area contributed by atoms with Crippen LogP contribution >= 0.6 is 0 Å². The molecular formula is C20H45NO5. The third-order valence-electron chi connectivity index (χ3n) is 1.88. The van der Waals surface area contributed by atoms with Gasteiger partial charge in [0.15, 0.2) is 0 Å². The van der Waals surface area contributed by atoms with Gasteiger partial charge in [0.2, 0.25) is 0 Å². The number of terminal acetylenes is 1. The molecule has 0 amide bonds. The summed E-state index contributed by atoms with van der Waals surface area (Å²) in [7, 11) is 1.89. The lowest BCUT2D eigenvalue weighted by molar-refractivity contribution is -0.107. The van der Waals surface area contributed by atoms with Crippen molar-refractivity contribution in [3.8, 4) is 12.3 Å². The fourth-order valence-electron chi connectivity index (χ4n) is 0.923. The number of ether oxygens (including phenoxy) is 3. The van der Waals surface area contributed by atoms with Crippen molar-refractivity contribution in [2.45, 2.75) is 54.4 Å². The van der Waals surface area contributed by atoms with Crippen LogP contribution in [0, 0.1) is 12.3 Å². The highest BCUT2D eigenvalue weighted by molar-refractivity contribution is 5.49. The number of hydrogen-bond donors (Lipinski definition) is 2. The smallest absolute Gasteiger partial charge is 0.120 e. The van der Waals surface area contributed by atoms with Crippen LogP contribution in [0.5, 0.6) is 0 Å². The third kappa shape index (κ3) is 65.8. The van der Waals surface area contributed by atoms with Gasteiger partial charge in [-0.05, 0) is 7.05 Å². The van der Waals surface area contributed by atoms with Gasteiger partial charge >= 0.3 is 0 Å². The van der Waals surface area contributed by atoms with E-state index in [-0.39, 0.29) is 6.61 Å². The van der Waals surface area contributed by atoms with Gasteiger partial charge in [-0.25, -0.2) is 0 Å². The molecule has 0 aliphatic rings. The maximum absolute atomic E-state index is 9.47. The number of unbranched alkanes of at least 4 members (excludes halogenated alkanes) is 1. The highest BCUT2D eigenvalue weighted by Gasteiger charge is 1.90. The average Bonchev–Trinajstić information content (AvgIpc) is 2.73. The van der Waals surface area contributed by atoms with Crippen LogP contribution < -0.4 is 5.32 Å². The lowest BCUT2D eigenvalue weighted by atomic mass is 10.4. The molecule has 26 heavy (non-hydrogen) atoms. The summed E-state index contributed by atoms with van der Waals surface area (Å²) in [6, 6.07) is 0. The van der Waals surface area contributed by atoms with Crippen LogP contribution in [0.2, 0.25) is 0 Å². The molecule has 0 saturated carbocycles. The lowest BCUT2D eigenvalue weighted by Crippen LogP contribution is -2.16. The molecule has 0 heterocycles. The Morgan fingerprint density at radius 3 is 1.62 bits per heavy atom. The predicted octanol–water partition coefficient (Wildman–Crippen LogP) is 2.93. The summed E-state index contributed by atoms with van der Waals surface area (Å²) in [4.78, 5) is 9.47. The monoisotopic (exact) mass is 379 g/mol. The standard InChI is InChI=1S/C9H21NO4.C5H6O.3C2H6/c1-10-2-4-12-6-8-14-9-7-13-5-3-11;1-2-3-4-5-6;3*1-2/h10-11H,2-9H2,1H3;1,5H,3-4H2;3*1-2H3. The van der Waals surface area contributed by atoms with Crippen LogP contribution in [0.3, 0.4) is 0 Å². The van der Waals surface area contributed by atoms with Crippen LogP contribution in [0.4, 0.5) is 0 Å². The molecule has 0 aliphatic heterocycles. The molecule has 0 aliphatic carbocycles. The summed E-state index contributed by atoms with van der Waals surface area (Å²) in [5.74, 6) is 2.34. The summed E-state index contributed by atoms with van der Waals surface area (Å²) in [6.07, 6.45) is 6.69. The lowest BCUT2D eigenvalue weighted by Gasteiger charge is -2.05. The molecule has 0 aromatic rings. The number of likely N-dealkylation sites (N-methyl/N-ethyl adjacent to an activating group) is 1. The maximum Gasteiger partial charge on any atom is 0.120 e. The quantitative estimate of drug-likeness (QED) is 0.291. The minimum Gasteiger partial charge on any atom is -0.394 e. The van der Waals surface area contributed by atoms with Gasteiger partial charge in [0, 0.05) is 19.4 Å². The third-order valence-corrected chi connectivity index (χ3v) is 1.88. The zero-order valence-electron chi connectivity index (χ0n) is 18.3. The van der Waals surface area contributed by atoms with E-state index in [2.05, 4.69) is 11.2 Å². The fraction of sp³-hybridized carbons (Fsp3) is 0.850. The molecule has 0 radical (unpaired) electrons. The Morgan fingerprint density at radius 2 is 1.31 bits per heavy atom. The largest absolute Gasteiger partial charge is 0.394 e. The Morgan fingerprint density at radius 1 is 0.885 bits per heavy atom. The van der Waals surface area contributed by atoms with E-state index < -0.39 is 0 Å². The molecular weight excluding hydrogens is 334 g/mol. The van der Waals surface area contributed by atoms with E-state index in [4.69, 9.17) is 25.7 Å². The van der Waals surface area contributed by atoms with Gasteiger partial charge in [-0.3, -0.25) is 0 Å². The predicted molar refractivity (Wildman–Crippen MR) is 112 cm³/mol. The molecule has 0 spiro atoms. The van der Waals surface area contributed by atoms with Gasteiger partial charge in [-0.2, -0.15) is 0 Å². The second-order valence-electron chi connectivity index (χ2n) is 3.57. The number of carbonyl (C=O) groups is 1. The number of aldehydes is 1. The molecule has 0 unspecified atom stereocenters. The summed E-state index contributed by atoms with van der Waals surface area (Å²) >= 11 is 0.